The molecule has 1 aromatic carbocycles. The Morgan fingerprint density at radius 1 is 1.25 bits per heavy atom. The molecule has 0 fully saturated rings. The van der Waals surface area contributed by atoms with Gasteiger partial charge in [-0.1, -0.05) is 37.8 Å². The summed E-state index contributed by atoms with van der Waals surface area (Å²) >= 11 is 0. The first-order valence-corrected chi connectivity index (χ1v) is 3.31. The summed E-state index contributed by atoms with van der Waals surface area (Å²) in [5, 5.41) is 0. The number of benzene rings is 1. The molecule has 0 saturated carbocycles. The normalized spacial score (nSPS) is 11.4. The number of rotatable bonds is 2. The molecule has 0 radical (unpaired) electrons. The monoisotopic (exact) mass is 166 g/mol. The van der Waals surface area contributed by atoms with Crippen LogP contribution >= 0.6 is 0 Å². The van der Waals surface area contributed by atoms with Crippen molar-refractivity contribution >= 4 is 5.91 Å². The van der Waals surface area contributed by atoms with E-state index >= 15 is 0 Å². The van der Waals surface area contributed by atoms with Crippen molar-refractivity contribution in [1.29, 1.82) is 0 Å². The number of carbonyl (C=O) groups excluding carboxylic acids is 1. The van der Waals surface area contributed by atoms with Crippen LogP contribution in [0.1, 0.15) is 19.0 Å². The van der Waals surface area contributed by atoms with E-state index in [1.807, 2.05) is 18.2 Å². The molecule has 1 atom stereocenters. The molecule has 4 N–H and O–H groups in total. The molecule has 0 bridgehead atoms. The van der Waals surface area contributed by atoms with E-state index in [1.54, 1.807) is 12.1 Å². The first-order valence-electron chi connectivity index (χ1n) is 3.31. The van der Waals surface area contributed by atoms with E-state index < -0.39 is 11.9 Å². The second-order valence-electron chi connectivity index (χ2n) is 2.29. The van der Waals surface area contributed by atoms with Crippen LogP contribution in [0.15, 0.2) is 30.3 Å². The molecule has 1 unspecified atom stereocenters. The van der Waals surface area contributed by atoms with Crippen LogP contribution in [0, 0.1) is 0 Å². The van der Waals surface area contributed by atoms with Crippen molar-refractivity contribution in [2.24, 2.45) is 11.5 Å². The lowest BCUT2D eigenvalue weighted by molar-refractivity contribution is -0.119. The number of nitrogens with two attached hydrogens (primary N) is 2. The summed E-state index contributed by atoms with van der Waals surface area (Å²) in [6.45, 7) is 0. The van der Waals surface area contributed by atoms with E-state index in [0.717, 1.165) is 5.56 Å². The molecule has 0 aliphatic carbocycles. The highest BCUT2D eigenvalue weighted by atomic mass is 16.1. The van der Waals surface area contributed by atoms with E-state index in [0.29, 0.717) is 0 Å². The summed E-state index contributed by atoms with van der Waals surface area (Å²) in [5.74, 6) is -0.504. The van der Waals surface area contributed by atoms with Gasteiger partial charge < -0.3 is 11.5 Å². The Hall–Kier alpha value is -1.35. The smallest absolute Gasteiger partial charge is 0.238 e. The molecule has 0 heterocycles. The van der Waals surface area contributed by atoms with Crippen LogP contribution in [0.5, 0.6) is 0 Å². The van der Waals surface area contributed by atoms with Crippen molar-refractivity contribution in [2.45, 2.75) is 13.5 Å². The Labute approximate surface area is 72.4 Å². The van der Waals surface area contributed by atoms with Gasteiger partial charge in [0.2, 0.25) is 5.91 Å². The summed E-state index contributed by atoms with van der Waals surface area (Å²) < 4.78 is 0. The van der Waals surface area contributed by atoms with E-state index in [2.05, 4.69) is 0 Å². The average molecular weight is 166 g/mol. The fourth-order valence-electron chi connectivity index (χ4n) is 0.825. The molecule has 1 rings (SSSR count). The molecule has 1 amide bonds. The maximum Gasteiger partial charge on any atom is 0.238 e. The third-order valence-corrected chi connectivity index (χ3v) is 1.47. The molecule has 3 heteroatoms. The minimum atomic E-state index is -0.684. The molecule has 12 heavy (non-hydrogen) atoms. The lowest BCUT2D eigenvalue weighted by Crippen LogP contribution is -2.27. The number of amides is 1. The fourth-order valence-corrected chi connectivity index (χ4v) is 0.825. The van der Waals surface area contributed by atoms with Crippen LogP contribution in [-0.2, 0) is 4.79 Å². The highest BCUT2D eigenvalue weighted by Crippen LogP contribution is 2.07. The first-order chi connectivity index (χ1) is 5.22. The van der Waals surface area contributed by atoms with Gasteiger partial charge in [-0.3, -0.25) is 4.79 Å². The Kier molecular flexibility index (Phi) is 4.00. The maximum absolute atomic E-state index is 10.6. The van der Waals surface area contributed by atoms with Gasteiger partial charge in [0.1, 0.15) is 6.04 Å². The topological polar surface area (TPSA) is 69.1 Å². The molecule has 0 saturated heterocycles. The van der Waals surface area contributed by atoms with Gasteiger partial charge in [0.05, 0.1) is 0 Å². The third-order valence-electron chi connectivity index (χ3n) is 1.47. The van der Waals surface area contributed by atoms with Gasteiger partial charge in [-0.2, -0.15) is 0 Å². The highest BCUT2D eigenvalue weighted by molar-refractivity contribution is 5.81. The summed E-state index contributed by atoms with van der Waals surface area (Å²) in [6.07, 6.45) is 0. The van der Waals surface area contributed by atoms with E-state index in [1.165, 1.54) is 0 Å². The number of primary amides is 1. The van der Waals surface area contributed by atoms with Gasteiger partial charge in [-0.05, 0) is 5.56 Å². The third kappa shape index (κ3) is 2.36. The fraction of sp³-hybridized carbons (Fsp3) is 0.222. The zero-order chi connectivity index (χ0) is 8.27. The van der Waals surface area contributed by atoms with E-state index in [4.69, 9.17) is 11.5 Å². The quantitative estimate of drug-likeness (QED) is 0.682. The lowest BCUT2D eigenvalue weighted by atomic mass is 10.1. The average Bonchev–Trinajstić information content (AvgIpc) is 2.05. The molecule has 3 nitrogen and oxygen atoms in total. The van der Waals surface area contributed by atoms with Gasteiger partial charge in [0, 0.05) is 0 Å². The van der Waals surface area contributed by atoms with Crippen LogP contribution in [0.2, 0.25) is 0 Å². The van der Waals surface area contributed by atoms with Gasteiger partial charge in [-0.15, -0.1) is 0 Å². The molecule has 0 aromatic heterocycles. The Morgan fingerprint density at radius 3 is 2.17 bits per heavy atom. The van der Waals surface area contributed by atoms with Crippen LogP contribution < -0.4 is 11.5 Å². The minimum Gasteiger partial charge on any atom is -0.368 e. The predicted octanol–water partition coefficient (Wildman–Crippen LogP) is 0.808. The zero-order valence-electron chi connectivity index (χ0n) is 6.03. The number of hydrogen-bond acceptors (Lipinski definition) is 2. The van der Waals surface area contributed by atoms with Crippen LogP contribution in [0.4, 0.5) is 0 Å². The Balaban J connectivity index is 0.00000121. The molecule has 0 aliphatic heterocycles. The van der Waals surface area contributed by atoms with Gasteiger partial charge in [-0.25, -0.2) is 0 Å². The highest BCUT2D eigenvalue weighted by Gasteiger charge is 2.09. The maximum atomic E-state index is 10.6. The molecule has 0 spiro atoms. The van der Waals surface area contributed by atoms with Crippen LogP contribution in [0.3, 0.4) is 0 Å². The van der Waals surface area contributed by atoms with Crippen molar-refractivity contribution in [3.8, 4) is 0 Å². The number of hydrogen-bond donors (Lipinski definition) is 2. The largest absolute Gasteiger partial charge is 0.368 e. The van der Waals surface area contributed by atoms with Crippen molar-refractivity contribution in [1.82, 2.24) is 0 Å². The second kappa shape index (κ2) is 4.51. The van der Waals surface area contributed by atoms with Crippen LogP contribution in [-0.4, -0.2) is 5.91 Å². The zero-order valence-corrected chi connectivity index (χ0v) is 6.03. The Bertz CT molecular complexity index is 246. The van der Waals surface area contributed by atoms with Crippen molar-refractivity contribution in [2.75, 3.05) is 0 Å². The molecular formula is C9H14N2O. The van der Waals surface area contributed by atoms with E-state index in [9.17, 15) is 4.79 Å². The lowest BCUT2D eigenvalue weighted by Gasteiger charge is -2.05. The summed E-state index contributed by atoms with van der Waals surface area (Å²) in [6, 6.07) is 8.36. The van der Waals surface area contributed by atoms with Gasteiger partial charge in [0.25, 0.3) is 0 Å². The molecule has 66 valence electrons. The van der Waals surface area contributed by atoms with Crippen LogP contribution in [0.25, 0.3) is 0 Å². The summed E-state index contributed by atoms with van der Waals surface area (Å²) in [7, 11) is 0. The van der Waals surface area contributed by atoms with Crippen molar-refractivity contribution in [3.63, 3.8) is 0 Å². The summed E-state index contributed by atoms with van der Waals surface area (Å²) in [5.41, 5.74) is 11.2. The molecule has 0 aliphatic rings. The second-order valence-corrected chi connectivity index (χ2v) is 2.29. The SMILES string of the molecule is C.NC(=O)C(N)c1ccccc1. The standard InChI is InChI=1S/C8H10N2O.CH4/c9-7(8(10)11)6-4-2-1-3-5-6;/h1-5,7H,9H2,(H2,10,11);1H4. The van der Waals surface area contributed by atoms with Gasteiger partial charge >= 0.3 is 0 Å². The van der Waals surface area contributed by atoms with E-state index in [-0.39, 0.29) is 7.43 Å². The van der Waals surface area contributed by atoms with Crippen molar-refractivity contribution in [3.05, 3.63) is 35.9 Å². The first kappa shape index (κ1) is 10.7. The number of carbonyl (C=O) groups is 1. The van der Waals surface area contributed by atoms with Crippen molar-refractivity contribution < 1.29 is 4.79 Å². The Morgan fingerprint density at radius 2 is 1.75 bits per heavy atom. The predicted molar refractivity (Wildman–Crippen MR) is 49.3 cm³/mol. The van der Waals surface area contributed by atoms with Gasteiger partial charge in [0.15, 0.2) is 0 Å². The summed E-state index contributed by atoms with van der Waals surface area (Å²) in [4.78, 5) is 10.6. The minimum absolute atomic E-state index is 0. The molecular weight excluding hydrogens is 152 g/mol. The molecule has 1 aromatic rings.